The smallest absolute Gasteiger partial charge is 0.133 e. The van der Waals surface area contributed by atoms with E-state index in [0.29, 0.717) is 16.7 Å². The summed E-state index contributed by atoms with van der Waals surface area (Å²) in [5.74, 6) is 2.15. The van der Waals surface area contributed by atoms with E-state index in [4.69, 9.17) is 21.1 Å². The highest BCUT2D eigenvalue weighted by atomic mass is 35.5. The number of aryl methyl sites for hydroxylation is 2. The number of hydrogen-bond donors (Lipinski definition) is 0. The van der Waals surface area contributed by atoms with E-state index in [-0.39, 0.29) is 0 Å². The highest BCUT2D eigenvalue weighted by Gasteiger charge is 2.04. The summed E-state index contributed by atoms with van der Waals surface area (Å²) in [6.45, 7) is 3.86. The predicted molar refractivity (Wildman–Crippen MR) is 71.8 cm³/mol. The van der Waals surface area contributed by atoms with Crippen LogP contribution in [0.3, 0.4) is 0 Å². The molecular weight excluding hydrogens is 250 g/mol. The van der Waals surface area contributed by atoms with Gasteiger partial charge in [-0.15, -0.1) is 0 Å². The molecule has 18 heavy (non-hydrogen) atoms. The lowest BCUT2D eigenvalue weighted by molar-refractivity contribution is 0.408. The summed E-state index contributed by atoms with van der Waals surface area (Å²) in [6.07, 6.45) is 0. The van der Waals surface area contributed by atoms with Crippen LogP contribution in [0.15, 0.2) is 30.3 Å². The van der Waals surface area contributed by atoms with Gasteiger partial charge in [0.25, 0.3) is 0 Å². The van der Waals surface area contributed by atoms with Crippen molar-refractivity contribution in [1.82, 2.24) is 4.98 Å². The highest BCUT2D eigenvalue weighted by molar-refractivity contribution is 6.29. The van der Waals surface area contributed by atoms with Crippen LogP contribution < -0.4 is 9.47 Å². The first-order valence-corrected chi connectivity index (χ1v) is 5.92. The van der Waals surface area contributed by atoms with Gasteiger partial charge in [-0.2, -0.15) is 0 Å². The van der Waals surface area contributed by atoms with E-state index in [2.05, 4.69) is 4.98 Å². The third kappa shape index (κ3) is 3.14. The van der Waals surface area contributed by atoms with E-state index in [0.717, 1.165) is 17.0 Å². The van der Waals surface area contributed by atoms with E-state index in [1.807, 2.05) is 38.1 Å². The van der Waals surface area contributed by atoms with E-state index in [1.54, 1.807) is 13.2 Å². The number of methoxy groups -OCH3 is 1. The van der Waals surface area contributed by atoms with Gasteiger partial charge in [-0.25, -0.2) is 4.98 Å². The monoisotopic (exact) mass is 263 g/mol. The van der Waals surface area contributed by atoms with Crippen molar-refractivity contribution < 1.29 is 9.47 Å². The summed E-state index contributed by atoms with van der Waals surface area (Å²) < 4.78 is 11.0. The van der Waals surface area contributed by atoms with Gasteiger partial charge in [0.05, 0.1) is 7.11 Å². The van der Waals surface area contributed by atoms with Gasteiger partial charge < -0.3 is 9.47 Å². The first-order valence-electron chi connectivity index (χ1n) is 5.54. The quantitative estimate of drug-likeness (QED) is 0.780. The lowest BCUT2D eigenvalue weighted by atomic mass is 10.2. The molecule has 0 unspecified atom stereocenters. The molecular formula is C14H14ClNO2. The Balaban J connectivity index is 2.30. The maximum atomic E-state index is 5.89. The molecule has 94 valence electrons. The molecule has 0 N–H and O–H groups in total. The molecule has 0 bridgehead atoms. The topological polar surface area (TPSA) is 31.4 Å². The van der Waals surface area contributed by atoms with Crippen molar-refractivity contribution in [3.05, 3.63) is 46.7 Å². The fraction of sp³-hybridized carbons (Fsp3) is 0.214. The number of halogens is 1. The molecule has 2 aromatic rings. The fourth-order valence-corrected chi connectivity index (χ4v) is 1.92. The van der Waals surface area contributed by atoms with E-state index in [1.165, 1.54) is 0 Å². The summed E-state index contributed by atoms with van der Waals surface area (Å²) in [4.78, 5) is 4.09. The maximum absolute atomic E-state index is 5.89. The second-order valence-electron chi connectivity index (χ2n) is 4.05. The van der Waals surface area contributed by atoms with Crippen LogP contribution in [0.4, 0.5) is 0 Å². The number of hydrogen-bond acceptors (Lipinski definition) is 3. The van der Waals surface area contributed by atoms with Crippen molar-refractivity contribution >= 4 is 11.6 Å². The molecule has 0 saturated carbocycles. The number of pyridine rings is 1. The third-order valence-electron chi connectivity index (χ3n) is 2.39. The fourth-order valence-electron chi connectivity index (χ4n) is 1.68. The lowest BCUT2D eigenvalue weighted by Crippen LogP contribution is -1.90. The van der Waals surface area contributed by atoms with Crippen LogP contribution in [0.2, 0.25) is 5.15 Å². The van der Waals surface area contributed by atoms with Crippen LogP contribution >= 0.6 is 11.6 Å². The summed E-state index contributed by atoms with van der Waals surface area (Å²) in [7, 11) is 1.63. The standard InChI is InChI=1S/C14H14ClNO2/c1-9-4-11(17-3)7-12(5-9)18-13-6-10(2)16-14(15)8-13/h4-8H,1-3H3. The van der Waals surface area contributed by atoms with Gasteiger partial charge in [-0.05, 0) is 31.5 Å². The molecule has 3 nitrogen and oxygen atoms in total. The molecule has 0 atom stereocenters. The molecule has 0 aliphatic heterocycles. The molecule has 0 saturated heterocycles. The molecule has 1 aromatic heterocycles. The van der Waals surface area contributed by atoms with Crippen LogP contribution in [-0.4, -0.2) is 12.1 Å². The van der Waals surface area contributed by atoms with Crippen molar-refractivity contribution in [2.45, 2.75) is 13.8 Å². The summed E-state index contributed by atoms with van der Waals surface area (Å²) in [6, 6.07) is 9.23. The second-order valence-corrected chi connectivity index (χ2v) is 4.44. The average Bonchev–Trinajstić information content (AvgIpc) is 2.26. The Kier molecular flexibility index (Phi) is 3.72. The Morgan fingerprint density at radius 1 is 0.944 bits per heavy atom. The first kappa shape index (κ1) is 12.7. The van der Waals surface area contributed by atoms with Gasteiger partial charge in [0.2, 0.25) is 0 Å². The van der Waals surface area contributed by atoms with Crippen molar-refractivity contribution in [2.24, 2.45) is 0 Å². The minimum absolute atomic E-state index is 0.421. The summed E-state index contributed by atoms with van der Waals surface area (Å²) in [5.41, 5.74) is 1.89. The van der Waals surface area contributed by atoms with E-state index >= 15 is 0 Å². The number of benzene rings is 1. The maximum Gasteiger partial charge on any atom is 0.133 e. The number of ether oxygens (including phenoxy) is 2. The Morgan fingerprint density at radius 2 is 1.61 bits per heavy atom. The molecule has 4 heteroatoms. The number of aromatic nitrogens is 1. The van der Waals surface area contributed by atoms with Crippen molar-refractivity contribution in [3.8, 4) is 17.2 Å². The molecule has 0 radical (unpaired) electrons. The second kappa shape index (κ2) is 5.27. The SMILES string of the molecule is COc1cc(C)cc(Oc2cc(C)nc(Cl)c2)c1. The van der Waals surface area contributed by atoms with Crippen LogP contribution in [0.1, 0.15) is 11.3 Å². The first-order chi connectivity index (χ1) is 8.56. The van der Waals surface area contributed by atoms with Gasteiger partial charge in [0, 0.05) is 23.9 Å². The largest absolute Gasteiger partial charge is 0.497 e. The molecule has 2 rings (SSSR count). The molecule has 0 amide bonds. The summed E-state index contributed by atoms with van der Waals surface area (Å²) in [5, 5.41) is 0.421. The highest BCUT2D eigenvalue weighted by Crippen LogP contribution is 2.28. The van der Waals surface area contributed by atoms with Gasteiger partial charge >= 0.3 is 0 Å². The molecule has 0 fully saturated rings. The zero-order valence-electron chi connectivity index (χ0n) is 10.5. The molecule has 1 aromatic carbocycles. The summed E-state index contributed by atoms with van der Waals surface area (Å²) >= 11 is 5.89. The molecule has 0 spiro atoms. The molecule has 0 aliphatic rings. The Bertz CT molecular complexity index is 549. The van der Waals surface area contributed by atoms with Gasteiger partial charge in [0.15, 0.2) is 0 Å². The normalized spacial score (nSPS) is 10.2. The van der Waals surface area contributed by atoms with Gasteiger partial charge in [-0.3, -0.25) is 0 Å². The van der Waals surface area contributed by atoms with Crippen LogP contribution in [0.25, 0.3) is 0 Å². The van der Waals surface area contributed by atoms with E-state index in [9.17, 15) is 0 Å². The molecule has 1 heterocycles. The third-order valence-corrected chi connectivity index (χ3v) is 2.59. The number of rotatable bonds is 3. The minimum atomic E-state index is 0.421. The molecule has 0 aliphatic carbocycles. The van der Waals surface area contributed by atoms with E-state index < -0.39 is 0 Å². The Labute approximate surface area is 111 Å². The minimum Gasteiger partial charge on any atom is -0.497 e. The Hall–Kier alpha value is -1.74. The van der Waals surface area contributed by atoms with Crippen LogP contribution in [0.5, 0.6) is 17.2 Å². The van der Waals surface area contributed by atoms with Crippen molar-refractivity contribution in [1.29, 1.82) is 0 Å². The van der Waals surface area contributed by atoms with Crippen molar-refractivity contribution in [3.63, 3.8) is 0 Å². The number of nitrogens with zero attached hydrogens (tertiary/aromatic N) is 1. The zero-order valence-corrected chi connectivity index (χ0v) is 11.3. The predicted octanol–water partition coefficient (Wildman–Crippen LogP) is 4.15. The average molecular weight is 264 g/mol. The van der Waals surface area contributed by atoms with Gasteiger partial charge in [0.1, 0.15) is 22.4 Å². The van der Waals surface area contributed by atoms with Crippen LogP contribution in [-0.2, 0) is 0 Å². The van der Waals surface area contributed by atoms with Gasteiger partial charge in [-0.1, -0.05) is 11.6 Å². The van der Waals surface area contributed by atoms with Crippen LogP contribution in [0, 0.1) is 13.8 Å². The van der Waals surface area contributed by atoms with Crippen molar-refractivity contribution in [2.75, 3.05) is 7.11 Å². The lowest BCUT2D eigenvalue weighted by Gasteiger charge is -2.09. The zero-order chi connectivity index (χ0) is 13.1. The Morgan fingerprint density at radius 3 is 2.28 bits per heavy atom.